The number of fused-ring (bicyclic) bond motifs is 1. The summed E-state index contributed by atoms with van der Waals surface area (Å²) in [6.07, 6.45) is 13.5. The first-order chi connectivity index (χ1) is 8.43. The van der Waals surface area contributed by atoms with Gasteiger partial charge >= 0.3 is 0 Å². The third-order valence-corrected chi connectivity index (χ3v) is 2.95. The molecule has 1 aromatic heterocycles. The molecular formula is C16H13N. The van der Waals surface area contributed by atoms with Crippen LogP contribution < -0.4 is 0 Å². The first-order valence-electron chi connectivity index (χ1n) is 5.81. The predicted molar refractivity (Wildman–Crippen MR) is 72.4 cm³/mol. The Morgan fingerprint density at radius 1 is 0.882 bits per heavy atom. The Morgan fingerprint density at radius 3 is 2.59 bits per heavy atom. The molecule has 0 saturated carbocycles. The van der Waals surface area contributed by atoms with Gasteiger partial charge in [-0.15, -0.1) is 0 Å². The highest BCUT2D eigenvalue weighted by Crippen LogP contribution is 2.25. The van der Waals surface area contributed by atoms with Crippen LogP contribution in [0.5, 0.6) is 0 Å². The van der Waals surface area contributed by atoms with Gasteiger partial charge in [-0.3, -0.25) is 4.98 Å². The zero-order valence-corrected chi connectivity index (χ0v) is 9.51. The molecule has 82 valence electrons. The Kier molecular flexibility index (Phi) is 2.59. The molecule has 2 aromatic rings. The monoisotopic (exact) mass is 219 g/mol. The van der Waals surface area contributed by atoms with Crippen LogP contribution in [-0.2, 0) is 0 Å². The highest BCUT2D eigenvalue weighted by atomic mass is 14.6. The van der Waals surface area contributed by atoms with Crippen molar-refractivity contribution in [3.63, 3.8) is 0 Å². The highest BCUT2D eigenvalue weighted by molar-refractivity contribution is 5.74. The lowest BCUT2D eigenvalue weighted by Crippen LogP contribution is -1.84. The molecule has 0 bridgehead atoms. The van der Waals surface area contributed by atoms with E-state index in [1.54, 1.807) is 6.20 Å². The summed E-state index contributed by atoms with van der Waals surface area (Å²) in [6, 6.07) is 10.6. The maximum absolute atomic E-state index is 4.16. The van der Waals surface area contributed by atoms with Gasteiger partial charge in [0.1, 0.15) is 0 Å². The van der Waals surface area contributed by atoms with Crippen LogP contribution >= 0.6 is 0 Å². The second kappa shape index (κ2) is 4.38. The van der Waals surface area contributed by atoms with Crippen LogP contribution in [0.2, 0.25) is 0 Å². The highest BCUT2D eigenvalue weighted by Gasteiger charge is 2.02. The molecule has 1 nitrogen and oxygen atoms in total. The van der Waals surface area contributed by atoms with Crippen molar-refractivity contribution in [2.24, 2.45) is 0 Å². The number of aromatic nitrogens is 1. The van der Waals surface area contributed by atoms with E-state index in [1.165, 1.54) is 16.7 Å². The van der Waals surface area contributed by atoms with E-state index in [0.717, 1.165) is 12.0 Å². The third kappa shape index (κ3) is 2.04. The predicted octanol–water partition coefficient (Wildman–Crippen LogP) is 4.18. The fourth-order valence-corrected chi connectivity index (χ4v) is 2.05. The Morgan fingerprint density at radius 2 is 1.76 bits per heavy atom. The molecule has 0 radical (unpaired) electrons. The number of hydrogen-bond acceptors (Lipinski definition) is 1. The molecule has 0 aliphatic heterocycles. The van der Waals surface area contributed by atoms with Gasteiger partial charge in [0.25, 0.3) is 0 Å². The average molecular weight is 219 g/mol. The maximum atomic E-state index is 4.16. The second-order valence-corrected chi connectivity index (χ2v) is 4.13. The van der Waals surface area contributed by atoms with Gasteiger partial charge in [0.15, 0.2) is 0 Å². The smallest absolute Gasteiger partial charge is 0.0346 e. The zero-order chi connectivity index (χ0) is 11.5. The van der Waals surface area contributed by atoms with Crippen molar-refractivity contribution >= 4 is 12.2 Å². The van der Waals surface area contributed by atoms with E-state index in [1.807, 2.05) is 12.3 Å². The molecule has 0 spiro atoms. The number of allylic oxidation sites excluding steroid dienone is 2. The zero-order valence-electron chi connectivity index (χ0n) is 9.51. The summed E-state index contributed by atoms with van der Waals surface area (Å²) in [5, 5.41) is 0. The molecule has 0 saturated heterocycles. The van der Waals surface area contributed by atoms with Gasteiger partial charge in [0.2, 0.25) is 0 Å². The van der Waals surface area contributed by atoms with E-state index < -0.39 is 0 Å². The molecule has 3 rings (SSSR count). The average Bonchev–Trinajstić information content (AvgIpc) is 2.64. The number of benzene rings is 1. The second-order valence-electron chi connectivity index (χ2n) is 4.13. The maximum Gasteiger partial charge on any atom is 0.0346 e. The Labute approximate surface area is 101 Å². The number of pyridine rings is 1. The minimum atomic E-state index is 1.01. The van der Waals surface area contributed by atoms with Crippen molar-refractivity contribution < 1.29 is 0 Å². The van der Waals surface area contributed by atoms with E-state index in [-0.39, 0.29) is 0 Å². The quantitative estimate of drug-likeness (QED) is 0.701. The Bertz CT molecular complexity index is 580. The van der Waals surface area contributed by atoms with E-state index in [9.17, 15) is 0 Å². The van der Waals surface area contributed by atoms with Crippen LogP contribution in [0.15, 0.2) is 54.9 Å². The lowest BCUT2D eigenvalue weighted by atomic mass is 10.0. The normalized spacial score (nSPS) is 13.2. The van der Waals surface area contributed by atoms with Crippen LogP contribution in [0, 0.1) is 0 Å². The van der Waals surface area contributed by atoms with Gasteiger partial charge in [0, 0.05) is 18.0 Å². The van der Waals surface area contributed by atoms with Crippen LogP contribution in [0.25, 0.3) is 23.3 Å². The van der Waals surface area contributed by atoms with Gasteiger partial charge in [-0.2, -0.15) is 0 Å². The van der Waals surface area contributed by atoms with Gasteiger partial charge < -0.3 is 0 Å². The summed E-state index contributed by atoms with van der Waals surface area (Å²) < 4.78 is 0. The van der Waals surface area contributed by atoms with Crippen LogP contribution in [-0.4, -0.2) is 4.98 Å². The molecule has 1 aliphatic rings. The van der Waals surface area contributed by atoms with Crippen LogP contribution in [0.3, 0.4) is 0 Å². The van der Waals surface area contributed by atoms with E-state index in [4.69, 9.17) is 0 Å². The van der Waals surface area contributed by atoms with E-state index in [2.05, 4.69) is 53.6 Å². The molecule has 0 N–H and O–H groups in total. The van der Waals surface area contributed by atoms with Crippen LogP contribution in [0.4, 0.5) is 0 Å². The summed E-state index contributed by atoms with van der Waals surface area (Å²) in [5.41, 5.74) is 4.94. The molecule has 1 heteroatoms. The number of hydrogen-bond donors (Lipinski definition) is 0. The minimum Gasteiger partial charge on any atom is -0.264 e. The van der Waals surface area contributed by atoms with Crippen molar-refractivity contribution in [2.45, 2.75) is 6.42 Å². The number of rotatable bonds is 1. The molecule has 0 fully saturated rings. The molecule has 17 heavy (non-hydrogen) atoms. The summed E-state index contributed by atoms with van der Waals surface area (Å²) in [4.78, 5) is 4.16. The van der Waals surface area contributed by atoms with Gasteiger partial charge in [-0.05, 0) is 35.2 Å². The lowest BCUT2D eigenvalue weighted by Gasteiger charge is -2.05. The van der Waals surface area contributed by atoms with Gasteiger partial charge in [0.05, 0.1) is 0 Å². The SMILES string of the molecule is C1=Cc2ccc(-c3cccnc3)cc2C=CC1. The van der Waals surface area contributed by atoms with E-state index in [0.29, 0.717) is 0 Å². The summed E-state index contributed by atoms with van der Waals surface area (Å²) in [5.74, 6) is 0. The van der Waals surface area contributed by atoms with Crippen molar-refractivity contribution in [3.8, 4) is 11.1 Å². The lowest BCUT2D eigenvalue weighted by molar-refractivity contribution is 1.33. The molecular weight excluding hydrogens is 206 g/mol. The van der Waals surface area contributed by atoms with Gasteiger partial charge in [-0.25, -0.2) is 0 Å². The summed E-state index contributed by atoms with van der Waals surface area (Å²) in [7, 11) is 0. The standard InChI is InChI=1S/C16H13N/c1-2-5-13-8-9-15(11-14(13)6-3-1)16-7-4-10-17-12-16/h2-12H,1H2. The van der Waals surface area contributed by atoms with Crippen molar-refractivity contribution in [1.29, 1.82) is 0 Å². The molecule has 1 heterocycles. The van der Waals surface area contributed by atoms with Gasteiger partial charge in [-0.1, -0.05) is 42.5 Å². The summed E-state index contributed by atoms with van der Waals surface area (Å²) in [6.45, 7) is 0. The summed E-state index contributed by atoms with van der Waals surface area (Å²) >= 11 is 0. The molecule has 1 aliphatic carbocycles. The van der Waals surface area contributed by atoms with Crippen molar-refractivity contribution in [2.75, 3.05) is 0 Å². The molecule has 1 aromatic carbocycles. The first-order valence-corrected chi connectivity index (χ1v) is 5.81. The topological polar surface area (TPSA) is 12.9 Å². The third-order valence-electron chi connectivity index (χ3n) is 2.95. The van der Waals surface area contributed by atoms with Crippen LogP contribution in [0.1, 0.15) is 17.5 Å². The number of nitrogens with zero attached hydrogens (tertiary/aromatic N) is 1. The fraction of sp³-hybridized carbons (Fsp3) is 0.0625. The molecule has 0 unspecified atom stereocenters. The molecule has 0 amide bonds. The molecule has 0 atom stereocenters. The Balaban J connectivity index is 2.10. The largest absolute Gasteiger partial charge is 0.264 e. The van der Waals surface area contributed by atoms with Crippen molar-refractivity contribution in [1.82, 2.24) is 4.98 Å². The Hall–Kier alpha value is -2.15. The fourth-order valence-electron chi connectivity index (χ4n) is 2.05. The van der Waals surface area contributed by atoms with Crippen molar-refractivity contribution in [3.05, 3.63) is 66.0 Å². The minimum absolute atomic E-state index is 1.01. The first kappa shape index (κ1) is 10.0. The van der Waals surface area contributed by atoms with E-state index >= 15 is 0 Å².